The average Bonchev–Trinajstić information content (AvgIpc) is 2.01. The molecule has 82 valence electrons. The third-order valence-corrected chi connectivity index (χ3v) is 1.41. The topological polar surface area (TPSA) is 72.6 Å². The Morgan fingerprint density at radius 1 is 1.36 bits per heavy atom. The third kappa shape index (κ3) is 4.23. The van der Waals surface area contributed by atoms with Gasteiger partial charge in [-0.25, -0.2) is 9.69 Å². The van der Waals surface area contributed by atoms with E-state index < -0.39 is 17.6 Å². The monoisotopic (exact) mass is 202 g/mol. The zero-order valence-electron chi connectivity index (χ0n) is 9.16. The maximum Gasteiger partial charge on any atom is 0.417 e. The summed E-state index contributed by atoms with van der Waals surface area (Å²) in [5.41, 5.74) is 4.55. The minimum absolute atomic E-state index is 0.187. The molecule has 0 unspecified atom stereocenters. The van der Waals surface area contributed by atoms with Crippen LogP contribution in [0.15, 0.2) is 0 Å². The van der Waals surface area contributed by atoms with Gasteiger partial charge in [0.05, 0.1) is 6.54 Å². The number of carbonyl (C=O) groups is 2. The summed E-state index contributed by atoms with van der Waals surface area (Å²) in [6, 6.07) is 0. The second-order valence-electron chi connectivity index (χ2n) is 3.82. The average molecular weight is 202 g/mol. The van der Waals surface area contributed by atoms with Gasteiger partial charge >= 0.3 is 6.09 Å². The fourth-order valence-corrected chi connectivity index (χ4v) is 0.834. The van der Waals surface area contributed by atoms with E-state index in [2.05, 4.69) is 0 Å². The highest BCUT2D eigenvalue weighted by Gasteiger charge is 2.24. The van der Waals surface area contributed by atoms with Crippen molar-refractivity contribution < 1.29 is 14.3 Å². The molecule has 0 radical (unpaired) electrons. The molecule has 0 aliphatic rings. The van der Waals surface area contributed by atoms with Crippen LogP contribution >= 0.6 is 0 Å². The first-order chi connectivity index (χ1) is 6.31. The molecule has 0 aromatic carbocycles. The van der Waals surface area contributed by atoms with Crippen molar-refractivity contribution in [2.24, 2.45) is 5.73 Å². The van der Waals surface area contributed by atoms with Gasteiger partial charge < -0.3 is 10.5 Å². The highest BCUT2D eigenvalue weighted by Crippen LogP contribution is 2.09. The highest BCUT2D eigenvalue weighted by atomic mass is 16.6. The summed E-state index contributed by atoms with van der Waals surface area (Å²) in [6.45, 7) is 7.00. The van der Waals surface area contributed by atoms with E-state index in [0.29, 0.717) is 0 Å². The quantitative estimate of drug-likeness (QED) is 0.716. The Kier molecular flexibility index (Phi) is 4.56. The molecule has 0 aromatic rings. The van der Waals surface area contributed by atoms with E-state index in [1.54, 1.807) is 27.7 Å². The van der Waals surface area contributed by atoms with Crippen LogP contribution in [0.5, 0.6) is 0 Å². The van der Waals surface area contributed by atoms with Crippen molar-refractivity contribution >= 4 is 12.0 Å². The standard InChI is InChI=1S/C9H18N2O3/c1-5-11(7(12)6-10)8(13)14-9(2,3)4/h5-6,10H2,1-4H3. The number of nitrogens with zero attached hydrogens (tertiary/aromatic N) is 1. The Morgan fingerprint density at radius 2 is 1.86 bits per heavy atom. The number of imide groups is 1. The van der Waals surface area contributed by atoms with Crippen molar-refractivity contribution in [3.8, 4) is 0 Å². The van der Waals surface area contributed by atoms with E-state index in [0.717, 1.165) is 4.90 Å². The zero-order valence-corrected chi connectivity index (χ0v) is 9.16. The fraction of sp³-hybridized carbons (Fsp3) is 0.778. The van der Waals surface area contributed by atoms with Gasteiger partial charge in [-0.1, -0.05) is 0 Å². The lowest BCUT2D eigenvalue weighted by molar-refractivity contribution is -0.128. The largest absolute Gasteiger partial charge is 0.443 e. The van der Waals surface area contributed by atoms with Crippen molar-refractivity contribution in [3.05, 3.63) is 0 Å². The summed E-state index contributed by atoms with van der Waals surface area (Å²) < 4.78 is 5.02. The van der Waals surface area contributed by atoms with Gasteiger partial charge in [-0.2, -0.15) is 0 Å². The Labute approximate surface area is 84.2 Å². The molecule has 0 aliphatic heterocycles. The maximum absolute atomic E-state index is 11.4. The van der Waals surface area contributed by atoms with Gasteiger partial charge in [0, 0.05) is 6.54 Å². The first-order valence-electron chi connectivity index (χ1n) is 4.55. The van der Waals surface area contributed by atoms with Crippen molar-refractivity contribution in [1.29, 1.82) is 0 Å². The number of carbonyl (C=O) groups excluding carboxylic acids is 2. The Hall–Kier alpha value is -1.10. The van der Waals surface area contributed by atoms with Crippen molar-refractivity contribution in [2.45, 2.75) is 33.3 Å². The first kappa shape index (κ1) is 12.9. The van der Waals surface area contributed by atoms with Gasteiger partial charge in [0.1, 0.15) is 5.60 Å². The summed E-state index contributed by atoms with van der Waals surface area (Å²) in [4.78, 5) is 23.6. The van der Waals surface area contributed by atoms with Crippen LogP contribution < -0.4 is 5.73 Å². The van der Waals surface area contributed by atoms with Crippen LogP contribution in [0, 0.1) is 0 Å². The van der Waals surface area contributed by atoms with Crippen LogP contribution in [0.2, 0.25) is 0 Å². The molecule has 0 saturated carbocycles. The fourth-order valence-electron chi connectivity index (χ4n) is 0.834. The normalized spacial score (nSPS) is 10.9. The molecule has 0 aromatic heterocycles. The number of hydrogen-bond acceptors (Lipinski definition) is 4. The second kappa shape index (κ2) is 4.95. The SMILES string of the molecule is CCN(C(=O)CN)C(=O)OC(C)(C)C. The van der Waals surface area contributed by atoms with E-state index in [4.69, 9.17) is 10.5 Å². The first-order valence-corrected chi connectivity index (χ1v) is 4.55. The maximum atomic E-state index is 11.4. The van der Waals surface area contributed by atoms with E-state index in [9.17, 15) is 9.59 Å². The number of ether oxygens (including phenoxy) is 1. The van der Waals surface area contributed by atoms with E-state index in [-0.39, 0.29) is 13.1 Å². The molecule has 2 amide bonds. The van der Waals surface area contributed by atoms with Crippen LogP contribution in [0.3, 0.4) is 0 Å². The number of amides is 2. The molecule has 0 atom stereocenters. The van der Waals surface area contributed by atoms with E-state index >= 15 is 0 Å². The van der Waals surface area contributed by atoms with Gasteiger partial charge in [-0.15, -0.1) is 0 Å². The molecule has 0 heterocycles. The Morgan fingerprint density at radius 3 is 2.14 bits per heavy atom. The summed E-state index contributed by atoms with van der Waals surface area (Å²) in [5.74, 6) is -0.429. The van der Waals surface area contributed by atoms with Crippen LogP contribution in [0.25, 0.3) is 0 Å². The van der Waals surface area contributed by atoms with Gasteiger partial charge in [0.15, 0.2) is 0 Å². The number of nitrogens with two attached hydrogens (primary N) is 1. The third-order valence-electron chi connectivity index (χ3n) is 1.41. The summed E-state index contributed by atoms with van der Waals surface area (Å²) in [5, 5.41) is 0. The summed E-state index contributed by atoms with van der Waals surface area (Å²) >= 11 is 0. The molecule has 0 aliphatic carbocycles. The predicted molar refractivity (Wildman–Crippen MR) is 52.7 cm³/mol. The summed E-state index contributed by atoms with van der Waals surface area (Å²) in [7, 11) is 0. The molecular formula is C9H18N2O3. The molecule has 5 heteroatoms. The predicted octanol–water partition coefficient (Wildman–Crippen LogP) is 0.729. The molecule has 0 fully saturated rings. The zero-order chi connectivity index (χ0) is 11.4. The number of hydrogen-bond donors (Lipinski definition) is 1. The smallest absolute Gasteiger partial charge is 0.417 e. The molecular weight excluding hydrogens is 184 g/mol. The van der Waals surface area contributed by atoms with Crippen LogP contribution in [-0.2, 0) is 9.53 Å². The molecule has 14 heavy (non-hydrogen) atoms. The Balaban J connectivity index is 4.40. The minimum Gasteiger partial charge on any atom is -0.443 e. The highest BCUT2D eigenvalue weighted by molar-refractivity contribution is 5.93. The van der Waals surface area contributed by atoms with E-state index in [1.165, 1.54) is 0 Å². The van der Waals surface area contributed by atoms with Gasteiger partial charge in [-0.05, 0) is 27.7 Å². The lowest BCUT2D eigenvalue weighted by Gasteiger charge is -2.24. The van der Waals surface area contributed by atoms with Gasteiger partial charge in [0.2, 0.25) is 5.91 Å². The Bertz CT molecular complexity index is 221. The molecule has 0 spiro atoms. The molecule has 0 rings (SSSR count). The van der Waals surface area contributed by atoms with E-state index in [1.807, 2.05) is 0 Å². The lowest BCUT2D eigenvalue weighted by Crippen LogP contribution is -2.43. The lowest BCUT2D eigenvalue weighted by atomic mass is 10.2. The summed E-state index contributed by atoms with van der Waals surface area (Å²) in [6.07, 6.45) is -0.643. The molecule has 0 saturated heterocycles. The van der Waals surface area contributed by atoms with Crippen molar-refractivity contribution in [1.82, 2.24) is 4.90 Å². The molecule has 0 bridgehead atoms. The van der Waals surface area contributed by atoms with Crippen molar-refractivity contribution in [2.75, 3.05) is 13.1 Å². The van der Waals surface area contributed by atoms with Crippen LogP contribution in [-0.4, -0.2) is 35.6 Å². The number of likely N-dealkylation sites (N-methyl/N-ethyl adjacent to an activating group) is 1. The van der Waals surface area contributed by atoms with Gasteiger partial charge in [-0.3, -0.25) is 4.79 Å². The molecule has 2 N–H and O–H groups in total. The van der Waals surface area contributed by atoms with Gasteiger partial charge in [0.25, 0.3) is 0 Å². The minimum atomic E-state index is -0.643. The van der Waals surface area contributed by atoms with Crippen LogP contribution in [0.4, 0.5) is 4.79 Å². The van der Waals surface area contributed by atoms with Crippen molar-refractivity contribution in [3.63, 3.8) is 0 Å². The number of rotatable bonds is 2. The van der Waals surface area contributed by atoms with Crippen LogP contribution in [0.1, 0.15) is 27.7 Å². The molecule has 5 nitrogen and oxygen atoms in total. The second-order valence-corrected chi connectivity index (χ2v) is 3.82.